The quantitative estimate of drug-likeness (QED) is 0.793. The topological polar surface area (TPSA) is 85.2 Å². The molecule has 6 heteroatoms. The predicted octanol–water partition coefficient (Wildman–Crippen LogP) is 1.22. The number of hydrogen-bond acceptors (Lipinski definition) is 5. The van der Waals surface area contributed by atoms with E-state index in [-0.39, 0.29) is 12.5 Å². The average molecular weight is 262 g/mol. The number of rotatable bonds is 5. The van der Waals surface area contributed by atoms with Crippen molar-refractivity contribution in [2.45, 2.75) is 6.54 Å². The maximum absolute atomic E-state index is 11.1. The van der Waals surface area contributed by atoms with Gasteiger partial charge in [0, 0.05) is 23.8 Å². The molecule has 0 fully saturated rings. The number of amides is 1. The average Bonchev–Trinajstić information content (AvgIpc) is 2.84. The first-order valence-corrected chi connectivity index (χ1v) is 6.31. The van der Waals surface area contributed by atoms with Gasteiger partial charge >= 0.3 is 0 Å². The molecule has 1 aromatic heterocycles. The molecule has 0 aliphatic heterocycles. The fourth-order valence-electron chi connectivity index (χ4n) is 1.64. The van der Waals surface area contributed by atoms with Crippen LogP contribution >= 0.6 is 11.3 Å². The molecule has 0 spiro atoms. The van der Waals surface area contributed by atoms with Gasteiger partial charge < -0.3 is 16.4 Å². The summed E-state index contributed by atoms with van der Waals surface area (Å²) in [6.07, 6.45) is 1.70. The Hall–Kier alpha value is -2.08. The Kier molecular flexibility index (Phi) is 3.78. The molecule has 0 aliphatic rings. The lowest BCUT2D eigenvalue weighted by Gasteiger charge is -2.20. The molecule has 1 heterocycles. The van der Waals surface area contributed by atoms with E-state index in [2.05, 4.69) is 4.98 Å². The zero-order chi connectivity index (χ0) is 13.0. The van der Waals surface area contributed by atoms with E-state index in [1.54, 1.807) is 6.20 Å². The number of benzene rings is 1. The number of carbonyl (C=O) groups is 1. The maximum atomic E-state index is 11.1. The zero-order valence-corrected chi connectivity index (χ0v) is 10.6. The highest BCUT2D eigenvalue weighted by molar-refractivity contribution is 7.13. The second-order valence-corrected chi connectivity index (χ2v) is 4.71. The summed E-state index contributed by atoms with van der Waals surface area (Å²) in [5, 5.41) is 2.62. The minimum absolute atomic E-state index is 0.127. The van der Waals surface area contributed by atoms with Crippen LogP contribution in [0.1, 0.15) is 5.56 Å². The summed E-state index contributed by atoms with van der Waals surface area (Å²) in [6, 6.07) is 7.55. The van der Waals surface area contributed by atoms with Crippen LogP contribution in [-0.2, 0) is 11.3 Å². The van der Waals surface area contributed by atoms with Crippen molar-refractivity contribution >= 4 is 28.1 Å². The summed E-state index contributed by atoms with van der Waals surface area (Å²) in [6.45, 7) is 0.644. The molecule has 18 heavy (non-hydrogen) atoms. The van der Waals surface area contributed by atoms with Gasteiger partial charge in [0.05, 0.1) is 6.54 Å². The van der Waals surface area contributed by atoms with Crippen LogP contribution < -0.4 is 16.4 Å². The highest BCUT2D eigenvalue weighted by atomic mass is 32.1. The van der Waals surface area contributed by atoms with E-state index in [0.29, 0.717) is 12.2 Å². The molecule has 0 bridgehead atoms. The summed E-state index contributed by atoms with van der Waals surface area (Å²) in [7, 11) is 0. The number of aromatic nitrogens is 1. The fraction of sp³-hybridized carbons (Fsp3) is 0.167. The summed E-state index contributed by atoms with van der Waals surface area (Å²) >= 11 is 1.46. The summed E-state index contributed by atoms with van der Waals surface area (Å²) < 4.78 is 0. The van der Waals surface area contributed by atoms with Crippen LogP contribution in [0.2, 0.25) is 0 Å². The molecule has 0 atom stereocenters. The van der Waals surface area contributed by atoms with Gasteiger partial charge in [0.15, 0.2) is 5.13 Å². The summed E-state index contributed by atoms with van der Waals surface area (Å²) in [5.74, 6) is -0.389. The van der Waals surface area contributed by atoms with Crippen molar-refractivity contribution in [3.8, 4) is 0 Å². The van der Waals surface area contributed by atoms with Crippen molar-refractivity contribution in [1.29, 1.82) is 0 Å². The minimum Gasteiger partial charge on any atom is -0.398 e. The number of para-hydroxylation sites is 1. The van der Waals surface area contributed by atoms with Gasteiger partial charge in [-0.2, -0.15) is 0 Å². The van der Waals surface area contributed by atoms with Crippen molar-refractivity contribution in [3.05, 3.63) is 41.4 Å². The Bertz CT molecular complexity index is 527. The molecule has 0 saturated heterocycles. The first kappa shape index (κ1) is 12.4. The fourth-order valence-corrected chi connectivity index (χ4v) is 2.28. The van der Waals surface area contributed by atoms with Crippen LogP contribution in [0.15, 0.2) is 35.8 Å². The third-order valence-electron chi connectivity index (χ3n) is 2.45. The van der Waals surface area contributed by atoms with Gasteiger partial charge in [-0.3, -0.25) is 4.79 Å². The molecule has 2 rings (SSSR count). The van der Waals surface area contributed by atoms with E-state index >= 15 is 0 Å². The van der Waals surface area contributed by atoms with Crippen LogP contribution in [0.4, 0.5) is 10.8 Å². The molecule has 2 aromatic rings. The zero-order valence-electron chi connectivity index (χ0n) is 9.74. The van der Waals surface area contributed by atoms with Gasteiger partial charge in [0.25, 0.3) is 0 Å². The lowest BCUT2D eigenvalue weighted by atomic mass is 10.2. The first-order valence-electron chi connectivity index (χ1n) is 5.43. The van der Waals surface area contributed by atoms with E-state index in [0.717, 1.165) is 10.7 Å². The third kappa shape index (κ3) is 2.98. The highest BCUT2D eigenvalue weighted by Crippen LogP contribution is 2.21. The van der Waals surface area contributed by atoms with E-state index in [1.807, 2.05) is 34.5 Å². The van der Waals surface area contributed by atoms with Crippen molar-refractivity contribution in [3.63, 3.8) is 0 Å². The Balaban J connectivity index is 2.20. The molecule has 4 N–H and O–H groups in total. The van der Waals surface area contributed by atoms with Crippen molar-refractivity contribution in [1.82, 2.24) is 4.98 Å². The lowest BCUT2D eigenvalue weighted by molar-refractivity contribution is -0.116. The van der Waals surface area contributed by atoms with Crippen molar-refractivity contribution in [2.75, 3.05) is 17.2 Å². The molecule has 5 nitrogen and oxygen atoms in total. The number of nitrogens with two attached hydrogens (primary N) is 2. The summed E-state index contributed by atoms with van der Waals surface area (Å²) in [5.41, 5.74) is 12.8. The van der Waals surface area contributed by atoms with Crippen LogP contribution in [0.5, 0.6) is 0 Å². The van der Waals surface area contributed by atoms with Crippen molar-refractivity contribution < 1.29 is 4.79 Å². The Morgan fingerprint density at radius 2 is 2.17 bits per heavy atom. The Morgan fingerprint density at radius 3 is 2.78 bits per heavy atom. The van der Waals surface area contributed by atoms with Crippen LogP contribution in [0, 0.1) is 0 Å². The van der Waals surface area contributed by atoms with E-state index in [4.69, 9.17) is 11.5 Å². The second kappa shape index (κ2) is 5.50. The second-order valence-electron chi connectivity index (χ2n) is 3.84. The molecule has 1 amide bonds. The Morgan fingerprint density at radius 1 is 1.39 bits per heavy atom. The third-order valence-corrected chi connectivity index (χ3v) is 3.29. The molecule has 0 saturated carbocycles. The highest BCUT2D eigenvalue weighted by Gasteiger charge is 2.13. The standard InChI is InChI=1S/C12H14N4OS/c13-10-4-2-1-3-9(10)7-16(8-11(14)17)12-15-5-6-18-12/h1-6H,7-8,13H2,(H2,14,17). The van der Waals surface area contributed by atoms with Crippen LogP contribution in [0.25, 0.3) is 0 Å². The number of nitrogen functional groups attached to an aromatic ring is 1. The van der Waals surface area contributed by atoms with Gasteiger partial charge in [0.1, 0.15) is 0 Å². The van der Waals surface area contributed by atoms with E-state index in [1.165, 1.54) is 11.3 Å². The molecular formula is C12H14N4OS. The maximum Gasteiger partial charge on any atom is 0.237 e. The monoisotopic (exact) mass is 262 g/mol. The number of carbonyl (C=O) groups excluding carboxylic acids is 1. The first-order chi connectivity index (χ1) is 8.66. The van der Waals surface area contributed by atoms with Crippen LogP contribution in [-0.4, -0.2) is 17.4 Å². The number of anilines is 2. The minimum atomic E-state index is -0.389. The van der Waals surface area contributed by atoms with Gasteiger partial charge in [-0.25, -0.2) is 4.98 Å². The van der Waals surface area contributed by atoms with Crippen molar-refractivity contribution in [2.24, 2.45) is 5.73 Å². The smallest absolute Gasteiger partial charge is 0.237 e. The summed E-state index contributed by atoms with van der Waals surface area (Å²) in [4.78, 5) is 17.1. The molecule has 0 radical (unpaired) electrons. The molecule has 0 aliphatic carbocycles. The lowest BCUT2D eigenvalue weighted by Crippen LogP contribution is -2.33. The number of primary amides is 1. The normalized spacial score (nSPS) is 10.2. The largest absolute Gasteiger partial charge is 0.398 e. The van der Waals surface area contributed by atoms with E-state index < -0.39 is 0 Å². The van der Waals surface area contributed by atoms with Gasteiger partial charge in [-0.1, -0.05) is 18.2 Å². The van der Waals surface area contributed by atoms with E-state index in [9.17, 15) is 4.79 Å². The molecule has 94 valence electrons. The molecular weight excluding hydrogens is 248 g/mol. The van der Waals surface area contributed by atoms with Gasteiger partial charge in [0.2, 0.25) is 5.91 Å². The predicted molar refractivity (Wildman–Crippen MR) is 73.2 cm³/mol. The molecule has 0 unspecified atom stereocenters. The van der Waals surface area contributed by atoms with Crippen LogP contribution in [0.3, 0.4) is 0 Å². The SMILES string of the molecule is NC(=O)CN(Cc1ccccc1N)c1nccs1. The number of hydrogen-bond donors (Lipinski definition) is 2. The number of thiazole rings is 1. The van der Waals surface area contributed by atoms with Gasteiger partial charge in [-0.05, 0) is 11.6 Å². The number of nitrogens with zero attached hydrogens (tertiary/aromatic N) is 2. The van der Waals surface area contributed by atoms with Gasteiger partial charge in [-0.15, -0.1) is 11.3 Å². The molecule has 1 aromatic carbocycles. The Labute approximate surface area is 109 Å².